The highest BCUT2D eigenvalue weighted by atomic mass is 16.2. The first-order valence-electron chi connectivity index (χ1n) is 5.77. The number of amides is 2. The molecule has 0 aliphatic heterocycles. The van der Waals surface area contributed by atoms with E-state index in [-0.39, 0.29) is 11.6 Å². The lowest BCUT2D eigenvalue weighted by molar-refractivity contribution is 0.228. The van der Waals surface area contributed by atoms with Gasteiger partial charge in [0.15, 0.2) is 0 Å². The van der Waals surface area contributed by atoms with Crippen molar-refractivity contribution in [2.45, 2.75) is 63.5 Å². The van der Waals surface area contributed by atoms with Crippen molar-refractivity contribution in [1.29, 1.82) is 0 Å². The second-order valence-electron chi connectivity index (χ2n) is 4.99. The number of hydrogen-bond acceptors (Lipinski definition) is 1. The van der Waals surface area contributed by atoms with E-state index in [9.17, 15) is 4.79 Å². The third-order valence-electron chi connectivity index (χ3n) is 3.36. The van der Waals surface area contributed by atoms with Crippen molar-refractivity contribution in [2.24, 2.45) is 0 Å². The predicted molar refractivity (Wildman–Crippen MR) is 56.2 cm³/mol. The minimum Gasteiger partial charge on any atom is -0.335 e. The monoisotopic (exact) mass is 196 g/mol. The molecule has 14 heavy (non-hydrogen) atoms. The van der Waals surface area contributed by atoms with Gasteiger partial charge in [0.1, 0.15) is 0 Å². The summed E-state index contributed by atoms with van der Waals surface area (Å²) in [5.74, 6) is 0. The summed E-state index contributed by atoms with van der Waals surface area (Å²) in [6, 6.07) is 0.461. The van der Waals surface area contributed by atoms with Crippen LogP contribution in [0.1, 0.15) is 51.9 Å². The van der Waals surface area contributed by atoms with E-state index in [1.165, 1.54) is 19.3 Å². The second-order valence-corrected chi connectivity index (χ2v) is 4.99. The van der Waals surface area contributed by atoms with Crippen molar-refractivity contribution in [1.82, 2.24) is 10.6 Å². The number of nitrogens with one attached hydrogen (secondary N) is 2. The number of urea groups is 1. The molecule has 0 radical (unpaired) electrons. The standard InChI is InChI=1S/C11H20N2O/c1-11(7-8-11)13-10(14)12-9-5-3-2-4-6-9/h9H,2-8H2,1H3,(H2,12,13,14). The van der Waals surface area contributed by atoms with Crippen LogP contribution in [0.2, 0.25) is 0 Å². The molecule has 2 aliphatic rings. The minimum atomic E-state index is 0.0388. The van der Waals surface area contributed by atoms with E-state index in [4.69, 9.17) is 0 Å². The highest BCUT2D eigenvalue weighted by Gasteiger charge is 2.38. The summed E-state index contributed by atoms with van der Waals surface area (Å²) in [4.78, 5) is 11.5. The van der Waals surface area contributed by atoms with Gasteiger partial charge in [0, 0.05) is 11.6 Å². The zero-order valence-electron chi connectivity index (χ0n) is 8.94. The Labute approximate surface area is 85.6 Å². The smallest absolute Gasteiger partial charge is 0.315 e. The summed E-state index contributed by atoms with van der Waals surface area (Å²) in [5.41, 5.74) is 0.110. The number of carbonyl (C=O) groups is 1. The SMILES string of the molecule is CC1(NC(=O)NC2CCCCC2)CC1. The van der Waals surface area contributed by atoms with Crippen LogP contribution in [-0.2, 0) is 0 Å². The van der Waals surface area contributed by atoms with Crippen LogP contribution >= 0.6 is 0 Å². The van der Waals surface area contributed by atoms with Crippen LogP contribution < -0.4 is 10.6 Å². The quantitative estimate of drug-likeness (QED) is 0.698. The van der Waals surface area contributed by atoms with Gasteiger partial charge in [-0.2, -0.15) is 0 Å². The molecule has 0 aromatic carbocycles. The molecule has 3 heteroatoms. The summed E-state index contributed by atoms with van der Waals surface area (Å²) >= 11 is 0. The second kappa shape index (κ2) is 3.79. The van der Waals surface area contributed by atoms with Crippen LogP contribution in [0.5, 0.6) is 0 Å². The summed E-state index contributed by atoms with van der Waals surface area (Å²) in [5, 5.41) is 6.09. The maximum absolute atomic E-state index is 11.5. The topological polar surface area (TPSA) is 41.1 Å². The predicted octanol–water partition coefficient (Wildman–Crippen LogP) is 2.17. The molecule has 3 nitrogen and oxygen atoms in total. The van der Waals surface area contributed by atoms with E-state index in [1.807, 2.05) is 0 Å². The Morgan fingerprint density at radius 1 is 1.21 bits per heavy atom. The lowest BCUT2D eigenvalue weighted by Gasteiger charge is -2.24. The first kappa shape index (κ1) is 9.81. The molecule has 0 atom stereocenters. The van der Waals surface area contributed by atoms with Crippen molar-refractivity contribution in [3.8, 4) is 0 Å². The Bertz CT molecular complexity index is 217. The van der Waals surface area contributed by atoms with Crippen LogP contribution in [0, 0.1) is 0 Å². The molecule has 2 amide bonds. The van der Waals surface area contributed by atoms with E-state index >= 15 is 0 Å². The van der Waals surface area contributed by atoms with Gasteiger partial charge < -0.3 is 10.6 Å². The Hall–Kier alpha value is -0.730. The fourth-order valence-electron chi connectivity index (χ4n) is 2.05. The van der Waals surface area contributed by atoms with Crippen LogP contribution in [0.25, 0.3) is 0 Å². The Morgan fingerprint density at radius 3 is 2.43 bits per heavy atom. The van der Waals surface area contributed by atoms with E-state index in [0.29, 0.717) is 6.04 Å². The highest BCUT2D eigenvalue weighted by molar-refractivity contribution is 5.75. The average Bonchev–Trinajstić information content (AvgIpc) is 2.84. The molecule has 2 rings (SSSR count). The molecule has 0 aromatic rings. The Balaban J connectivity index is 1.70. The van der Waals surface area contributed by atoms with E-state index in [1.54, 1.807) is 0 Å². The van der Waals surface area contributed by atoms with Crippen LogP contribution in [-0.4, -0.2) is 17.6 Å². The van der Waals surface area contributed by atoms with Crippen molar-refractivity contribution in [3.63, 3.8) is 0 Å². The maximum Gasteiger partial charge on any atom is 0.315 e. The van der Waals surface area contributed by atoms with Gasteiger partial charge in [-0.1, -0.05) is 19.3 Å². The van der Waals surface area contributed by atoms with Crippen LogP contribution in [0.15, 0.2) is 0 Å². The summed E-state index contributed by atoms with van der Waals surface area (Å²) < 4.78 is 0. The largest absolute Gasteiger partial charge is 0.335 e. The summed E-state index contributed by atoms with van der Waals surface area (Å²) in [6.07, 6.45) is 8.44. The number of carbonyl (C=O) groups excluding carboxylic acids is 1. The first-order chi connectivity index (χ1) is 6.68. The molecule has 2 N–H and O–H groups in total. The minimum absolute atomic E-state index is 0.0388. The highest BCUT2D eigenvalue weighted by Crippen LogP contribution is 2.34. The van der Waals surface area contributed by atoms with E-state index < -0.39 is 0 Å². The Morgan fingerprint density at radius 2 is 1.86 bits per heavy atom. The summed E-state index contributed by atoms with van der Waals surface area (Å²) in [7, 11) is 0. The molecule has 0 unspecified atom stereocenters. The molecular formula is C11H20N2O. The maximum atomic E-state index is 11.5. The van der Waals surface area contributed by atoms with Crippen LogP contribution in [0.4, 0.5) is 4.79 Å². The number of rotatable bonds is 2. The molecule has 2 aliphatic carbocycles. The third kappa shape index (κ3) is 2.63. The van der Waals surface area contributed by atoms with Crippen molar-refractivity contribution in [2.75, 3.05) is 0 Å². The first-order valence-corrected chi connectivity index (χ1v) is 5.77. The average molecular weight is 196 g/mol. The molecule has 0 saturated heterocycles. The van der Waals surface area contributed by atoms with Gasteiger partial charge in [0.2, 0.25) is 0 Å². The Kier molecular flexibility index (Phi) is 2.66. The number of hydrogen-bond donors (Lipinski definition) is 2. The van der Waals surface area contributed by atoms with Gasteiger partial charge in [0.25, 0.3) is 0 Å². The molecule has 0 bridgehead atoms. The fraction of sp³-hybridized carbons (Fsp3) is 0.909. The van der Waals surface area contributed by atoms with Gasteiger partial charge in [0.05, 0.1) is 0 Å². The van der Waals surface area contributed by atoms with Gasteiger partial charge in [-0.3, -0.25) is 0 Å². The van der Waals surface area contributed by atoms with Crippen LogP contribution in [0.3, 0.4) is 0 Å². The van der Waals surface area contributed by atoms with E-state index in [0.717, 1.165) is 25.7 Å². The van der Waals surface area contributed by atoms with Crippen molar-refractivity contribution >= 4 is 6.03 Å². The molecule has 0 heterocycles. The van der Waals surface area contributed by atoms with Gasteiger partial charge in [-0.05, 0) is 32.6 Å². The third-order valence-corrected chi connectivity index (χ3v) is 3.36. The zero-order valence-corrected chi connectivity index (χ0v) is 8.94. The van der Waals surface area contributed by atoms with Gasteiger partial charge >= 0.3 is 6.03 Å². The summed E-state index contributed by atoms with van der Waals surface area (Å²) in [6.45, 7) is 2.10. The van der Waals surface area contributed by atoms with Crippen molar-refractivity contribution in [3.05, 3.63) is 0 Å². The van der Waals surface area contributed by atoms with Gasteiger partial charge in [-0.15, -0.1) is 0 Å². The van der Waals surface area contributed by atoms with E-state index in [2.05, 4.69) is 17.6 Å². The molecule has 80 valence electrons. The fourth-order valence-corrected chi connectivity index (χ4v) is 2.05. The normalized spacial score (nSPS) is 25.5. The molecule has 2 saturated carbocycles. The van der Waals surface area contributed by atoms with Gasteiger partial charge in [-0.25, -0.2) is 4.79 Å². The molecular weight excluding hydrogens is 176 g/mol. The molecule has 2 fully saturated rings. The lowest BCUT2D eigenvalue weighted by atomic mass is 9.96. The van der Waals surface area contributed by atoms with Crippen molar-refractivity contribution < 1.29 is 4.79 Å². The lowest BCUT2D eigenvalue weighted by Crippen LogP contribution is -2.46. The molecule has 0 spiro atoms. The molecule has 0 aromatic heterocycles. The zero-order chi connectivity index (χ0) is 10.0.